The van der Waals surface area contributed by atoms with Crippen LogP contribution in [-0.4, -0.2) is 21.8 Å². The van der Waals surface area contributed by atoms with Gasteiger partial charge in [-0.05, 0) is 18.1 Å². The van der Waals surface area contributed by atoms with Crippen molar-refractivity contribution in [1.29, 1.82) is 0 Å². The Hall–Kier alpha value is -1.91. The second-order valence-corrected chi connectivity index (χ2v) is 3.84. The van der Waals surface area contributed by atoms with Crippen LogP contribution in [0.15, 0.2) is 24.3 Å². The van der Waals surface area contributed by atoms with Crippen molar-refractivity contribution >= 4 is 5.95 Å². The molecule has 0 aliphatic carbocycles. The zero-order valence-corrected chi connectivity index (χ0v) is 9.94. The van der Waals surface area contributed by atoms with Gasteiger partial charge < -0.3 is 9.88 Å². The predicted molar refractivity (Wildman–Crippen MR) is 64.4 cm³/mol. The van der Waals surface area contributed by atoms with Crippen LogP contribution in [0.25, 0.3) is 0 Å². The van der Waals surface area contributed by atoms with Crippen molar-refractivity contribution in [3.63, 3.8) is 0 Å². The Labute approximate surface area is 99.5 Å². The molecule has 0 aliphatic rings. The Morgan fingerprint density at radius 1 is 1.24 bits per heavy atom. The highest BCUT2D eigenvalue weighted by atomic mass is 19.1. The number of benzene rings is 1. The Morgan fingerprint density at radius 3 is 2.65 bits per heavy atom. The first-order chi connectivity index (χ1) is 8.22. The van der Waals surface area contributed by atoms with Crippen LogP contribution >= 0.6 is 0 Å². The summed E-state index contributed by atoms with van der Waals surface area (Å²) in [7, 11) is 3.69. The summed E-state index contributed by atoms with van der Waals surface area (Å²) >= 11 is 0. The van der Waals surface area contributed by atoms with Gasteiger partial charge in [-0.1, -0.05) is 18.2 Å². The molecule has 0 amide bonds. The third-order valence-electron chi connectivity index (χ3n) is 2.76. The van der Waals surface area contributed by atoms with Gasteiger partial charge in [-0.2, -0.15) is 0 Å². The van der Waals surface area contributed by atoms with Crippen LogP contribution in [0, 0.1) is 5.82 Å². The highest BCUT2D eigenvalue weighted by Crippen LogP contribution is 2.11. The number of rotatable bonds is 4. The molecule has 90 valence electrons. The molecule has 0 spiro atoms. The number of hydrogen-bond donors (Lipinski definition) is 1. The number of anilines is 1. The lowest BCUT2D eigenvalue weighted by atomic mass is 10.1. The Kier molecular flexibility index (Phi) is 3.37. The first-order valence-electron chi connectivity index (χ1n) is 5.52. The van der Waals surface area contributed by atoms with E-state index in [2.05, 4.69) is 15.5 Å². The van der Waals surface area contributed by atoms with E-state index in [1.807, 2.05) is 17.7 Å². The maximum atomic E-state index is 13.4. The van der Waals surface area contributed by atoms with Gasteiger partial charge in [-0.25, -0.2) is 4.39 Å². The SMILES string of the molecule is CNc1nnc(CCc2ccccc2F)n1C. The van der Waals surface area contributed by atoms with E-state index in [1.165, 1.54) is 6.07 Å². The highest BCUT2D eigenvalue weighted by Gasteiger charge is 2.08. The molecule has 2 aromatic rings. The van der Waals surface area contributed by atoms with Crippen molar-refractivity contribution < 1.29 is 4.39 Å². The van der Waals surface area contributed by atoms with Crippen molar-refractivity contribution in [3.8, 4) is 0 Å². The van der Waals surface area contributed by atoms with E-state index in [0.29, 0.717) is 24.4 Å². The number of nitrogens with zero attached hydrogens (tertiary/aromatic N) is 3. The summed E-state index contributed by atoms with van der Waals surface area (Å²) in [6.45, 7) is 0. The lowest BCUT2D eigenvalue weighted by Crippen LogP contribution is -2.04. The average molecular weight is 234 g/mol. The third kappa shape index (κ3) is 2.43. The molecule has 0 fully saturated rings. The second-order valence-electron chi connectivity index (χ2n) is 3.84. The van der Waals surface area contributed by atoms with Crippen molar-refractivity contribution in [1.82, 2.24) is 14.8 Å². The van der Waals surface area contributed by atoms with Crippen LogP contribution in [-0.2, 0) is 19.9 Å². The van der Waals surface area contributed by atoms with Gasteiger partial charge in [-0.15, -0.1) is 10.2 Å². The zero-order chi connectivity index (χ0) is 12.3. The maximum Gasteiger partial charge on any atom is 0.224 e. The summed E-state index contributed by atoms with van der Waals surface area (Å²) in [4.78, 5) is 0. The lowest BCUT2D eigenvalue weighted by molar-refractivity contribution is 0.605. The van der Waals surface area contributed by atoms with Gasteiger partial charge >= 0.3 is 0 Å². The van der Waals surface area contributed by atoms with Crippen LogP contribution in [0.1, 0.15) is 11.4 Å². The predicted octanol–water partition coefficient (Wildman–Crippen LogP) is 1.78. The van der Waals surface area contributed by atoms with Crippen LogP contribution in [0.5, 0.6) is 0 Å². The molecule has 1 aromatic carbocycles. The van der Waals surface area contributed by atoms with E-state index >= 15 is 0 Å². The van der Waals surface area contributed by atoms with E-state index in [9.17, 15) is 4.39 Å². The smallest absolute Gasteiger partial charge is 0.224 e. The van der Waals surface area contributed by atoms with Crippen LogP contribution in [0.2, 0.25) is 0 Å². The van der Waals surface area contributed by atoms with Gasteiger partial charge in [0.2, 0.25) is 5.95 Å². The molecule has 2 rings (SSSR count). The number of hydrogen-bond acceptors (Lipinski definition) is 3. The number of halogens is 1. The number of aryl methyl sites for hydroxylation is 2. The molecule has 5 heteroatoms. The van der Waals surface area contributed by atoms with Crippen LogP contribution in [0.4, 0.5) is 10.3 Å². The fourth-order valence-corrected chi connectivity index (χ4v) is 1.74. The third-order valence-corrected chi connectivity index (χ3v) is 2.76. The topological polar surface area (TPSA) is 42.7 Å². The Morgan fingerprint density at radius 2 is 2.00 bits per heavy atom. The Bertz CT molecular complexity index is 507. The first kappa shape index (κ1) is 11.6. The van der Waals surface area contributed by atoms with E-state index < -0.39 is 0 Å². The van der Waals surface area contributed by atoms with Gasteiger partial charge in [0.15, 0.2) is 0 Å². The van der Waals surface area contributed by atoms with Gasteiger partial charge in [0, 0.05) is 20.5 Å². The largest absolute Gasteiger partial charge is 0.357 e. The fraction of sp³-hybridized carbons (Fsp3) is 0.333. The fourth-order valence-electron chi connectivity index (χ4n) is 1.74. The molecular formula is C12H15FN4. The molecule has 0 saturated heterocycles. The lowest BCUT2D eigenvalue weighted by Gasteiger charge is -2.04. The quantitative estimate of drug-likeness (QED) is 0.877. The molecule has 0 atom stereocenters. The molecule has 1 N–H and O–H groups in total. The molecule has 0 saturated carbocycles. The molecule has 0 aliphatic heterocycles. The summed E-state index contributed by atoms with van der Waals surface area (Å²) in [5, 5.41) is 11.0. The molecule has 0 unspecified atom stereocenters. The van der Waals surface area contributed by atoms with Crippen molar-refractivity contribution in [2.75, 3.05) is 12.4 Å². The number of aromatic nitrogens is 3. The van der Waals surface area contributed by atoms with Gasteiger partial charge in [0.25, 0.3) is 0 Å². The van der Waals surface area contributed by atoms with Crippen molar-refractivity contribution in [2.45, 2.75) is 12.8 Å². The first-order valence-corrected chi connectivity index (χ1v) is 5.52. The molecule has 0 radical (unpaired) electrons. The van der Waals surface area contributed by atoms with Crippen LogP contribution in [0.3, 0.4) is 0 Å². The van der Waals surface area contributed by atoms with Crippen LogP contribution < -0.4 is 5.32 Å². The highest BCUT2D eigenvalue weighted by molar-refractivity contribution is 5.24. The van der Waals surface area contributed by atoms with E-state index in [0.717, 1.165) is 5.82 Å². The minimum Gasteiger partial charge on any atom is -0.357 e. The van der Waals surface area contributed by atoms with E-state index in [4.69, 9.17) is 0 Å². The minimum atomic E-state index is -0.163. The summed E-state index contributed by atoms with van der Waals surface area (Å²) in [6.07, 6.45) is 1.30. The Balaban J connectivity index is 2.07. The van der Waals surface area contributed by atoms with E-state index in [1.54, 1.807) is 19.2 Å². The second kappa shape index (κ2) is 4.95. The summed E-state index contributed by atoms with van der Waals surface area (Å²) < 4.78 is 15.3. The monoisotopic (exact) mass is 234 g/mol. The molecule has 0 bridgehead atoms. The summed E-state index contributed by atoms with van der Waals surface area (Å²) in [5.74, 6) is 1.40. The van der Waals surface area contributed by atoms with Gasteiger partial charge in [0.1, 0.15) is 11.6 Å². The van der Waals surface area contributed by atoms with Crippen molar-refractivity contribution in [3.05, 3.63) is 41.5 Å². The standard InChI is InChI=1S/C12H15FN4/c1-14-12-16-15-11(17(12)2)8-7-9-5-3-4-6-10(9)13/h3-6H,7-8H2,1-2H3,(H,14,16). The van der Waals surface area contributed by atoms with E-state index in [-0.39, 0.29) is 5.82 Å². The minimum absolute atomic E-state index is 0.163. The van der Waals surface area contributed by atoms with Gasteiger partial charge in [0.05, 0.1) is 0 Å². The van der Waals surface area contributed by atoms with Gasteiger partial charge in [-0.3, -0.25) is 0 Å². The van der Waals surface area contributed by atoms with Crippen molar-refractivity contribution in [2.24, 2.45) is 7.05 Å². The summed E-state index contributed by atoms with van der Waals surface area (Å²) in [5.41, 5.74) is 0.710. The average Bonchev–Trinajstić information content (AvgIpc) is 2.69. The maximum absolute atomic E-state index is 13.4. The molecule has 4 nitrogen and oxygen atoms in total. The normalized spacial score (nSPS) is 10.5. The molecule has 1 aromatic heterocycles. The summed E-state index contributed by atoms with van der Waals surface area (Å²) in [6, 6.07) is 6.81. The number of nitrogens with one attached hydrogen (secondary N) is 1. The zero-order valence-electron chi connectivity index (χ0n) is 9.94. The molecular weight excluding hydrogens is 219 g/mol. The molecule has 1 heterocycles. The molecule has 17 heavy (non-hydrogen) atoms.